The van der Waals surface area contributed by atoms with Gasteiger partial charge in [0.2, 0.25) is 0 Å². The van der Waals surface area contributed by atoms with Crippen molar-refractivity contribution in [2.45, 2.75) is 38.5 Å². The third-order valence-corrected chi connectivity index (χ3v) is 4.41. The number of para-hydroxylation sites is 1. The molecule has 0 aliphatic heterocycles. The van der Waals surface area contributed by atoms with Gasteiger partial charge >= 0.3 is 0 Å². The van der Waals surface area contributed by atoms with E-state index in [1.165, 1.54) is 32.1 Å². The van der Waals surface area contributed by atoms with Gasteiger partial charge in [0.1, 0.15) is 5.75 Å². The molecule has 94 valence electrons. The predicted octanol–water partition coefficient (Wildman–Crippen LogP) is 4.64. The van der Waals surface area contributed by atoms with Crippen molar-refractivity contribution in [2.75, 3.05) is 12.5 Å². The molecule has 1 aliphatic rings. The van der Waals surface area contributed by atoms with Gasteiger partial charge in [-0.2, -0.15) is 0 Å². The molecule has 1 aromatic rings. The van der Waals surface area contributed by atoms with Crippen LogP contribution >= 0.6 is 11.6 Å². The van der Waals surface area contributed by atoms with Crippen LogP contribution in [0.2, 0.25) is 0 Å². The van der Waals surface area contributed by atoms with Gasteiger partial charge in [0.15, 0.2) is 0 Å². The molecule has 1 nitrogen and oxygen atoms in total. The Bertz CT molecular complexity index is 317. The van der Waals surface area contributed by atoms with Crippen LogP contribution in [0.3, 0.4) is 0 Å². The van der Waals surface area contributed by atoms with Crippen LogP contribution in [0.1, 0.15) is 38.5 Å². The lowest BCUT2D eigenvalue weighted by Gasteiger charge is -2.35. The van der Waals surface area contributed by atoms with Gasteiger partial charge in [-0.25, -0.2) is 0 Å². The molecule has 0 spiro atoms. The Morgan fingerprint density at radius 3 is 2.41 bits per heavy atom. The number of ether oxygens (including phenoxy) is 1. The van der Waals surface area contributed by atoms with Gasteiger partial charge in [0, 0.05) is 5.88 Å². The van der Waals surface area contributed by atoms with E-state index in [4.69, 9.17) is 16.3 Å². The Balaban J connectivity index is 1.80. The highest BCUT2D eigenvalue weighted by molar-refractivity contribution is 6.18. The van der Waals surface area contributed by atoms with Crippen LogP contribution in [0.4, 0.5) is 0 Å². The Kier molecular flexibility index (Phi) is 4.73. The number of rotatable bonds is 5. The summed E-state index contributed by atoms with van der Waals surface area (Å²) in [5.41, 5.74) is 0.342. The minimum atomic E-state index is 0.342. The van der Waals surface area contributed by atoms with E-state index in [2.05, 4.69) is 0 Å². The summed E-state index contributed by atoms with van der Waals surface area (Å²) in [7, 11) is 0. The molecule has 2 rings (SSSR count). The van der Waals surface area contributed by atoms with Crippen molar-refractivity contribution in [3.8, 4) is 5.75 Å². The summed E-state index contributed by atoms with van der Waals surface area (Å²) in [6.07, 6.45) is 7.67. The van der Waals surface area contributed by atoms with Crippen molar-refractivity contribution in [1.82, 2.24) is 0 Å². The Morgan fingerprint density at radius 2 is 1.76 bits per heavy atom. The Morgan fingerprint density at radius 1 is 1.06 bits per heavy atom. The van der Waals surface area contributed by atoms with Crippen molar-refractivity contribution in [3.63, 3.8) is 0 Å². The number of hydrogen-bond acceptors (Lipinski definition) is 1. The van der Waals surface area contributed by atoms with Crippen LogP contribution in [0.5, 0.6) is 5.75 Å². The van der Waals surface area contributed by atoms with E-state index in [1.807, 2.05) is 30.3 Å². The van der Waals surface area contributed by atoms with E-state index in [9.17, 15) is 0 Å². The van der Waals surface area contributed by atoms with Gasteiger partial charge in [-0.3, -0.25) is 0 Å². The molecular formula is C15H21ClO. The van der Waals surface area contributed by atoms with E-state index in [0.29, 0.717) is 5.41 Å². The average Bonchev–Trinajstić information content (AvgIpc) is 2.41. The zero-order valence-electron chi connectivity index (χ0n) is 10.3. The molecule has 17 heavy (non-hydrogen) atoms. The second-order valence-corrected chi connectivity index (χ2v) is 5.37. The van der Waals surface area contributed by atoms with Crippen molar-refractivity contribution >= 4 is 11.6 Å². The highest BCUT2D eigenvalue weighted by atomic mass is 35.5. The van der Waals surface area contributed by atoms with Crippen molar-refractivity contribution < 1.29 is 4.74 Å². The predicted molar refractivity (Wildman–Crippen MR) is 72.8 cm³/mol. The standard InChI is InChI=1S/C15H21ClO/c16-13-15(9-5-2-6-10-15)11-12-17-14-7-3-1-4-8-14/h1,3-4,7-8H,2,5-6,9-13H2. The van der Waals surface area contributed by atoms with Crippen molar-refractivity contribution in [1.29, 1.82) is 0 Å². The molecule has 0 unspecified atom stereocenters. The fourth-order valence-electron chi connectivity index (χ4n) is 2.65. The fourth-order valence-corrected chi connectivity index (χ4v) is 3.06. The fraction of sp³-hybridized carbons (Fsp3) is 0.600. The highest BCUT2D eigenvalue weighted by Gasteiger charge is 2.30. The number of benzene rings is 1. The van der Waals surface area contributed by atoms with Gasteiger partial charge in [-0.05, 0) is 36.8 Å². The summed E-state index contributed by atoms with van der Waals surface area (Å²) in [5.74, 6) is 1.75. The Labute approximate surface area is 109 Å². The summed E-state index contributed by atoms with van der Waals surface area (Å²) in [6.45, 7) is 0.788. The second-order valence-electron chi connectivity index (χ2n) is 5.11. The maximum absolute atomic E-state index is 6.16. The van der Waals surface area contributed by atoms with Crippen molar-refractivity contribution in [3.05, 3.63) is 30.3 Å². The lowest BCUT2D eigenvalue weighted by molar-refractivity contribution is 0.161. The number of hydrogen-bond donors (Lipinski definition) is 0. The van der Waals surface area contributed by atoms with E-state index in [1.54, 1.807) is 0 Å². The third-order valence-electron chi connectivity index (χ3n) is 3.84. The van der Waals surface area contributed by atoms with Crippen LogP contribution in [-0.4, -0.2) is 12.5 Å². The zero-order chi connectivity index (χ0) is 12.0. The lowest BCUT2D eigenvalue weighted by Crippen LogP contribution is -2.28. The van der Waals surface area contributed by atoms with E-state index >= 15 is 0 Å². The quantitative estimate of drug-likeness (QED) is 0.694. The molecule has 0 radical (unpaired) electrons. The monoisotopic (exact) mass is 252 g/mol. The maximum Gasteiger partial charge on any atom is 0.119 e. The van der Waals surface area contributed by atoms with Gasteiger partial charge in [-0.1, -0.05) is 37.5 Å². The number of halogens is 1. The molecule has 0 heterocycles. The SMILES string of the molecule is ClCC1(CCOc2ccccc2)CCCCC1. The largest absolute Gasteiger partial charge is 0.494 e. The first-order valence-corrected chi connectivity index (χ1v) is 7.12. The zero-order valence-corrected chi connectivity index (χ0v) is 11.1. The average molecular weight is 253 g/mol. The summed E-state index contributed by atoms with van der Waals surface area (Å²) < 4.78 is 5.78. The smallest absolute Gasteiger partial charge is 0.119 e. The van der Waals surface area contributed by atoms with Gasteiger partial charge in [0.05, 0.1) is 6.61 Å². The third kappa shape index (κ3) is 3.64. The molecule has 2 heteroatoms. The molecule has 0 amide bonds. The lowest BCUT2D eigenvalue weighted by atomic mass is 9.73. The molecule has 0 atom stereocenters. The summed E-state index contributed by atoms with van der Waals surface area (Å²) >= 11 is 6.16. The molecule has 0 aromatic heterocycles. The van der Waals surface area contributed by atoms with E-state index < -0.39 is 0 Å². The molecule has 1 fully saturated rings. The minimum Gasteiger partial charge on any atom is -0.494 e. The topological polar surface area (TPSA) is 9.23 Å². The molecule has 0 N–H and O–H groups in total. The number of alkyl halides is 1. The molecule has 1 aliphatic carbocycles. The van der Waals surface area contributed by atoms with Gasteiger partial charge in [-0.15, -0.1) is 11.6 Å². The van der Waals surface area contributed by atoms with Crippen LogP contribution in [0.15, 0.2) is 30.3 Å². The Hall–Kier alpha value is -0.690. The second kappa shape index (κ2) is 6.30. The molecule has 0 bridgehead atoms. The summed E-state index contributed by atoms with van der Waals surface area (Å²) in [4.78, 5) is 0. The van der Waals surface area contributed by atoms with E-state index in [0.717, 1.165) is 24.7 Å². The normalized spacial score (nSPS) is 18.9. The first-order chi connectivity index (χ1) is 8.35. The first kappa shape index (κ1) is 12.8. The molecule has 1 aromatic carbocycles. The minimum absolute atomic E-state index is 0.342. The highest BCUT2D eigenvalue weighted by Crippen LogP contribution is 2.40. The maximum atomic E-state index is 6.16. The first-order valence-electron chi connectivity index (χ1n) is 6.58. The van der Waals surface area contributed by atoms with Crippen LogP contribution in [0, 0.1) is 5.41 Å². The molecular weight excluding hydrogens is 232 g/mol. The van der Waals surface area contributed by atoms with E-state index in [-0.39, 0.29) is 0 Å². The van der Waals surface area contributed by atoms with Gasteiger partial charge in [0.25, 0.3) is 0 Å². The van der Waals surface area contributed by atoms with Crippen molar-refractivity contribution in [2.24, 2.45) is 5.41 Å². The summed E-state index contributed by atoms with van der Waals surface area (Å²) in [6, 6.07) is 10.0. The molecule has 1 saturated carbocycles. The van der Waals surface area contributed by atoms with Gasteiger partial charge < -0.3 is 4.74 Å². The van der Waals surface area contributed by atoms with Crippen LogP contribution in [0.25, 0.3) is 0 Å². The molecule has 0 saturated heterocycles. The van der Waals surface area contributed by atoms with Crippen LogP contribution in [-0.2, 0) is 0 Å². The van der Waals surface area contributed by atoms with Crippen LogP contribution < -0.4 is 4.74 Å². The summed E-state index contributed by atoms with van der Waals surface area (Å²) in [5, 5.41) is 0.